The Morgan fingerprint density at radius 1 is 1.44 bits per heavy atom. The van der Waals surface area contributed by atoms with E-state index in [0.29, 0.717) is 10.2 Å². The highest BCUT2D eigenvalue weighted by Gasteiger charge is 2.11. The summed E-state index contributed by atoms with van der Waals surface area (Å²) in [4.78, 5) is 23.9. The van der Waals surface area contributed by atoms with Crippen LogP contribution in [0.15, 0.2) is 39.9 Å². The average Bonchev–Trinajstić information content (AvgIpc) is 2.65. The van der Waals surface area contributed by atoms with Gasteiger partial charge in [0.05, 0.1) is 10.6 Å². The van der Waals surface area contributed by atoms with E-state index in [4.69, 9.17) is 0 Å². The molecule has 0 fully saturated rings. The maximum atomic E-state index is 11.4. The van der Waals surface area contributed by atoms with Crippen molar-refractivity contribution in [3.8, 4) is 5.69 Å². The highest BCUT2D eigenvalue weighted by molar-refractivity contribution is 9.10. The molecule has 1 N–H and O–H groups in total. The van der Waals surface area contributed by atoms with Gasteiger partial charge in [-0.3, -0.25) is 14.7 Å². The minimum Gasteiger partial charge on any atom is -0.312 e. The molecule has 0 saturated heterocycles. The third kappa shape index (κ3) is 1.76. The number of nitro benzene ring substituents is 1. The Labute approximate surface area is 97.8 Å². The monoisotopic (exact) mass is 283 g/mol. The van der Waals surface area contributed by atoms with E-state index in [0.717, 1.165) is 0 Å². The first-order valence-electron chi connectivity index (χ1n) is 4.30. The lowest BCUT2D eigenvalue weighted by molar-refractivity contribution is -0.384. The maximum absolute atomic E-state index is 11.4. The van der Waals surface area contributed by atoms with Crippen molar-refractivity contribution in [2.24, 2.45) is 0 Å². The lowest BCUT2D eigenvalue weighted by Crippen LogP contribution is -2.14. The van der Waals surface area contributed by atoms with Crippen molar-refractivity contribution in [3.05, 3.63) is 55.7 Å². The zero-order valence-corrected chi connectivity index (χ0v) is 9.47. The minimum absolute atomic E-state index is 0.0636. The van der Waals surface area contributed by atoms with Crippen LogP contribution in [0.5, 0.6) is 0 Å². The number of aromatic amines is 1. The zero-order chi connectivity index (χ0) is 11.7. The van der Waals surface area contributed by atoms with E-state index in [2.05, 4.69) is 20.9 Å². The summed E-state index contributed by atoms with van der Waals surface area (Å²) in [6.07, 6.45) is 2.97. The topological polar surface area (TPSA) is 80.9 Å². The molecular weight excluding hydrogens is 278 g/mol. The van der Waals surface area contributed by atoms with Crippen molar-refractivity contribution in [2.75, 3.05) is 0 Å². The molecule has 7 heteroatoms. The number of H-pyrrole nitrogens is 1. The lowest BCUT2D eigenvalue weighted by Gasteiger charge is -2.03. The van der Waals surface area contributed by atoms with Crippen LogP contribution >= 0.6 is 15.9 Å². The van der Waals surface area contributed by atoms with Crippen molar-refractivity contribution in [3.63, 3.8) is 0 Å². The average molecular weight is 284 g/mol. The molecule has 0 bridgehead atoms. The van der Waals surface area contributed by atoms with Crippen molar-refractivity contribution in [1.82, 2.24) is 9.55 Å². The molecule has 0 radical (unpaired) electrons. The summed E-state index contributed by atoms with van der Waals surface area (Å²) in [5, 5.41) is 10.6. The van der Waals surface area contributed by atoms with Gasteiger partial charge in [-0.15, -0.1) is 0 Å². The van der Waals surface area contributed by atoms with E-state index >= 15 is 0 Å². The normalized spacial score (nSPS) is 10.3. The number of nitrogens with zero attached hydrogens (tertiary/aromatic N) is 2. The largest absolute Gasteiger partial charge is 0.330 e. The summed E-state index contributed by atoms with van der Waals surface area (Å²) in [5.41, 5.74) is 0.0212. The molecule has 1 aromatic carbocycles. The van der Waals surface area contributed by atoms with Gasteiger partial charge in [0.15, 0.2) is 0 Å². The highest BCUT2D eigenvalue weighted by atomic mass is 79.9. The second kappa shape index (κ2) is 3.93. The summed E-state index contributed by atoms with van der Waals surface area (Å²) in [6, 6.07) is 4.23. The Morgan fingerprint density at radius 3 is 2.75 bits per heavy atom. The van der Waals surface area contributed by atoms with Gasteiger partial charge < -0.3 is 4.98 Å². The lowest BCUT2D eigenvalue weighted by atomic mass is 10.3. The first-order chi connectivity index (χ1) is 7.59. The van der Waals surface area contributed by atoms with Crippen LogP contribution in [-0.4, -0.2) is 14.5 Å². The minimum atomic E-state index is -0.506. The van der Waals surface area contributed by atoms with E-state index in [-0.39, 0.29) is 11.4 Å². The van der Waals surface area contributed by atoms with E-state index in [1.165, 1.54) is 35.2 Å². The number of benzene rings is 1. The molecule has 2 rings (SSSR count). The second-order valence-electron chi connectivity index (χ2n) is 3.03. The number of aromatic nitrogens is 2. The third-order valence-electron chi connectivity index (χ3n) is 2.05. The van der Waals surface area contributed by atoms with Crippen molar-refractivity contribution in [2.45, 2.75) is 0 Å². The van der Waals surface area contributed by atoms with E-state index in [9.17, 15) is 14.9 Å². The molecule has 0 unspecified atom stereocenters. The number of halogens is 1. The Balaban J connectivity index is 2.65. The van der Waals surface area contributed by atoms with Crippen LogP contribution < -0.4 is 5.69 Å². The fraction of sp³-hybridized carbons (Fsp3) is 0. The molecule has 0 aliphatic rings. The zero-order valence-electron chi connectivity index (χ0n) is 7.88. The van der Waals surface area contributed by atoms with Crippen LogP contribution in [0.4, 0.5) is 5.69 Å². The van der Waals surface area contributed by atoms with Gasteiger partial charge in [0.2, 0.25) is 0 Å². The second-order valence-corrected chi connectivity index (χ2v) is 3.88. The number of hydrogen-bond donors (Lipinski definition) is 1. The van der Waals surface area contributed by atoms with Gasteiger partial charge >= 0.3 is 5.69 Å². The Bertz CT molecular complexity index is 602. The molecule has 0 aliphatic carbocycles. The van der Waals surface area contributed by atoms with Crippen molar-refractivity contribution < 1.29 is 4.92 Å². The molecular formula is C9H6BrN3O3. The molecule has 2 aromatic rings. The Hall–Kier alpha value is -1.89. The van der Waals surface area contributed by atoms with Gasteiger partial charge in [-0.25, -0.2) is 4.79 Å². The number of hydrogen-bond acceptors (Lipinski definition) is 3. The Morgan fingerprint density at radius 2 is 2.19 bits per heavy atom. The predicted octanol–water partition coefficient (Wildman–Crippen LogP) is 1.84. The predicted molar refractivity (Wildman–Crippen MR) is 60.7 cm³/mol. The SMILES string of the molecule is O=c1[nH]ccn1-c1cc([N+](=O)[O-])ccc1Br. The smallest absolute Gasteiger partial charge is 0.312 e. The van der Waals surface area contributed by atoms with Crippen LogP contribution in [0.2, 0.25) is 0 Å². The summed E-state index contributed by atoms with van der Waals surface area (Å²) in [5.74, 6) is 0. The number of imidazole rings is 1. The quantitative estimate of drug-likeness (QED) is 0.674. The van der Waals surface area contributed by atoms with E-state index in [1.807, 2.05) is 0 Å². The molecule has 1 heterocycles. The van der Waals surface area contributed by atoms with E-state index < -0.39 is 4.92 Å². The van der Waals surface area contributed by atoms with Crippen molar-refractivity contribution in [1.29, 1.82) is 0 Å². The number of non-ortho nitro benzene ring substituents is 1. The summed E-state index contributed by atoms with van der Waals surface area (Å²) >= 11 is 3.24. The van der Waals surface area contributed by atoms with Crippen LogP contribution in [-0.2, 0) is 0 Å². The molecule has 1 aromatic heterocycles. The van der Waals surface area contributed by atoms with Gasteiger partial charge in [-0.2, -0.15) is 0 Å². The number of nitrogens with one attached hydrogen (secondary N) is 1. The van der Waals surface area contributed by atoms with Crippen LogP contribution in [0.1, 0.15) is 0 Å². The number of nitro groups is 1. The molecule has 0 saturated carbocycles. The van der Waals surface area contributed by atoms with E-state index in [1.54, 1.807) is 0 Å². The van der Waals surface area contributed by atoms with Gasteiger partial charge in [-0.1, -0.05) is 0 Å². The van der Waals surface area contributed by atoms with Crippen LogP contribution in [0.3, 0.4) is 0 Å². The molecule has 82 valence electrons. The molecule has 0 atom stereocenters. The molecule has 16 heavy (non-hydrogen) atoms. The molecule has 0 spiro atoms. The Kier molecular flexibility index (Phi) is 2.61. The summed E-state index contributed by atoms with van der Waals surface area (Å²) < 4.78 is 1.90. The first-order valence-corrected chi connectivity index (χ1v) is 5.09. The maximum Gasteiger partial charge on any atom is 0.330 e. The molecule has 0 aliphatic heterocycles. The highest BCUT2D eigenvalue weighted by Crippen LogP contribution is 2.24. The summed E-state index contributed by atoms with van der Waals surface area (Å²) in [6.45, 7) is 0. The summed E-state index contributed by atoms with van der Waals surface area (Å²) in [7, 11) is 0. The van der Waals surface area contributed by atoms with Gasteiger partial charge in [0, 0.05) is 29.0 Å². The third-order valence-corrected chi connectivity index (χ3v) is 2.72. The van der Waals surface area contributed by atoms with Crippen molar-refractivity contribution >= 4 is 21.6 Å². The fourth-order valence-corrected chi connectivity index (χ4v) is 1.75. The van der Waals surface area contributed by atoms with Gasteiger partial charge in [-0.05, 0) is 22.0 Å². The molecule has 6 nitrogen and oxygen atoms in total. The van der Waals surface area contributed by atoms with Gasteiger partial charge in [0.1, 0.15) is 0 Å². The van der Waals surface area contributed by atoms with Gasteiger partial charge in [0.25, 0.3) is 5.69 Å². The number of rotatable bonds is 2. The first kappa shape index (κ1) is 10.6. The standard InChI is InChI=1S/C9H6BrN3O3/c10-7-2-1-6(13(15)16)5-8(7)12-4-3-11-9(12)14/h1-5H,(H,11,14). The van der Waals surface area contributed by atoms with Crippen LogP contribution in [0.25, 0.3) is 5.69 Å². The van der Waals surface area contributed by atoms with Crippen LogP contribution in [0, 0.1) is 10.1 Å². The molecule has 0 amide bonds. The fourth-order valence-electron chi connectivity index (χ4n) is 1.31.